The van der Waals surface area contributed by atoms with Gasteiger partial charge in [0.1, 0.15) is 0 Å². The van der Waals surface area contributed by atoms with Crippen LogP contribution in [0.2, 0.25) is 0 Å². The number of hydrogen-bond acceptors (Lipinski definition) is 4. The Kier molecular flexibility index (Phi) is 7.33. The minimum atomic E-state index is 0.00298. The summed E-state index contributed by atoms with van der Waals surface area (Å²) in [6.07, 6.45) is 5.81. The first-order valence-electron chi connectivity index (χ1n) is 8.63. The van der Waals surface area contributed by atoms with E-state index in [1.807, 2.05) is 24.3 Å². The van der Waals surface area contributed by atoms with Crippen molar-refractivity contribution in [2.45, 2.75) is 57.7 Å². The average Bonchev–Trinajstić information content (AvgIpc) is 2.57. The molecular formula is C19H25N3OS. The summed E-state index contributed by atoms with van der Waals surface area (Å²) in [4.78, 5) is 17.3. The lowest BCUT2D eigenvalue weighted by Crippen LogP contribution is -2.23. The van der Waals surface area contributed by atoms with E-state index in [-0.39, 0.29) is 5.56 Å². The quantitative estimate of drug-likeness (QED) is 0.379. The van der Waals surface area contributed by atoms with Gasteiger partial charge >= 0.3 is 0 Å². The van der Waals surface area contributed by atoms with E-state index in [0.29, 0.717) is 28.4 Å². The second-order valence-electron chi connectivity index (χ2n) is 6.41. The zero-order chi connectivity index (χ0) is 17.4. The van der Waals surface area contributed by atoms with Gasteiger partial charge in [-0.05, 0) is 24.5 Å². The summed E-state index contributed by atoms with van der Waals surface area (Å²) in [7, 11) is 0. The second kappa shape index (κ2) is 9.48. The molecule has 2 aromatic rings. The van der Waals surface area contributed by atoms with Gasteiger partial charge in [0.15, 0.2) is 5.16 Å². The highest BCUT2D eigenvalue weighted by Crippen LogP contribution is 2.18. The summed E-state index contributed by atoms with van der Waals surface area (Å²) in [5, 5.41) is 10.1. The largest absolute Gasteiger partial charge is 0.287 e. The fraction of sp³-hybridized carbons (Fsp3) is 0.526. The topological polar surface area (TPSA) is 58.7 Å². The van der Waals surface area contributed by atoms with Crippen molar-refractivity contribution in [1.82, 2.24) is 9.55 Å². The molecule has 1 aromatic heterocycles. The second-order valence-corrected chi connectivity index (χ2v) is 7.35. The molecule has 0 aliphatic heterocycles. The number of nitrogens with zero attached hydrogens (tertiary/aromatic N) is 3. The van der Waals surface area contributed by atoms with Crippen LogP contribution < -0.4 is 5.56 Å². The molecule has 0 aliphatic rings. The van der Waals surface area contributed by atoms with E-state index in [9.17, 15) is 4.79 Å². The van der Waals surface area contributed by atoms with Crippen LogP contribution in [0.5, 0.6) is 0 Å². The van der Waals surface area contributed by atoms with Crippen LogP contribution in [-0.2, 0) is 6.54 Å². The molecule has 0 spiro atoms. The third kappa shape index (κ3) is 5.10. The summed E-state index contributed by atoms with van der Waals surface area (Å²) in [6.45, 7) is 5.17. The van der Waals surface area contributed by atoms with Gasteiger partial charge in [-0.2, -0.15) is 5.26 Å². The summed E-state index contributed by atoms with van der Waals surface area (Å²) >= 11 is 1.34. The Bertz CT molecular complexity index is 761. The molecule has 0 bridgehead atoms. The number of fused-ring (bicyclic) bond motifs is 1. The molecular weight excluding hydrogens is 318 g/mol. The SMILES string of the molecule is CC(C)CCCCCCn1c(SCC#N)nc2ccccc2c1=O. The molecule has 5 heteroatoms. The number of nitriles is 1. The standard InChI is InChI=1S/C19H25N3OS/c1-15(2)9-5-3-4-8-13-22-18(23)16-10-6-7-11-17(16)21-19(22)24-14-12-20/h6-7,10-11,15H,3-5,8-9,13-14H2,1-2H3. The van der Waals surface area contributed by atoms with Gasteiger partial charge in [-0.25, -0.2) is 4.98 Å². The number of hydrogen-bond donors (Lipinski definition) is 0. The fourth-order valence-corrected chi connectivity index (χ4v) is 3.41. The van der Waals surface area contributed by atoms with Crippen molar-refractivity contribution in [3.8, 4) is 6.07 Å². The highest BCUT2D eigenvalue weighted by molar-refractivity contribution is 7.99. The molecule has 0 amide bonds. The maximum atomic E-state index is 12.7. The maximum absolute atomic E-state index is 12.7. The summed E-state index contributed by atoms with van der Waals surface area (Å²) in [5.74, 6) is 1.06. The van der Waals surface area contributed by atoms with Gasteiger partial charge in [0, 0.05) is 6.54 Å². The summed E-state index contributed by atoms with van der Waals surface area (Å²) in [6, 6.07) is 9.53. The highest BCUT2D eigenvalue weighted by Gasteiger charge is 2.11. The Morgan fingerprint density at radius 2 is 1.96 bits per heavy atom. The lowest BCUT2D eigenvalue weighted by molar-refractivity contribution is 0.491. The van der Waals surface area contributed by atoms with Crippen molar-refractivity contribution < 1.29 is 0 Å². The highest BCUT2D eigenvalue weighted by atomic mass is 32.2. The molecule has 0 atom stereocenters. The first kappa shape index (κ1) is 18.5. The van der Waals surface area contributed by atoms with E-state index in [0.717, 1.165) is 18.8 Å². The third-order valence-electron chi connectivity index (χ3n) is 4.01. The Labute approximate surface area is 147 Å². The van der Waals surface area contributed by atoms with Crippen LogP contribution in [0.3, 0.4) is 0 Å². The molecule has 0 N–H and O–H groups in total. The number of rotatable bonds is 9. The number of unbranched alkanes of at least 4 members (excludes halogenated alkanes) is 3. The van der Waals surface area contributed by atoms with Gasteiger partial charge in [-0.3, -0.25) is 9.36 Å². The fourth-order valence-electron chi connectivity index (χ4n) is 2.73. The lowest BCUT2D eigenvalue weighted by Gasteiger charge is -2.12. The minimum Gasteiger partial charge on any atom is -0.287 e. The van der Waals surface area contributed by atoms with Gasteiger partial charge in [0.2, 0.25) is 0 Å². The van der Waals surface area contributed by atoms with E-state index in [1.165, 1.54) is 31.0 Å². The van der Waals surface area contributed by atoms with Crippen LogP contribution in [0.4, 0.5) is 0 Å². The van der Waals surface area contributed by atoms with Crippen molar-refractivity contribution in [3.63, 3.8) is 0 Å². The molecule has 0 radical (unpaired) electrons. The van der Waals surface area contributed by atoms with Crippen LogP contribution in [0, 0.1) is 17.2 Å². The van der Waals surface area contributed by atoms with E-state index < -0.39 is 0 Å². The van der Waals surface area contributed by atoms with Crippen molar-refractivity contribution in [1.29, 1.82) is 5.26 Å². The van der Waals surface area contributed by atoms with Crippen LogP contribution in [-0.4, -0.2) is 15.3 Å². The molecule has 0 aliphatic carbocycles. The Morgan fingerprint density at radius 3 is 2.71 bits per heavy atom. The Hall–Kier alpha value is -1.80. The van der Waals surface area contributed by atoms with Crippen molar-refractivity contribution in [3.05, 3.63) is 34.6 Å². The van der Waals surface area contributed by atoms with Gasteiger partial charge in [0.25, 0.3) is 5.56 Å². The molecule has 2 rings (SSSR count). The summed E-state index contributed by atoms with van der Waals surface area (Å²) in [5.41, 5.74) is 0.708. The van der Waals surface area contributed by atoms with Crippen LogP contribution >= 0.6 is 11.8 Å². The van der Waals surface area contributed by atoms with E-state index >= 15 is 0 Å². The van der Waals surface area contributed by atoms with Crippen molar-refractivity contribution in [2.75, 3.05) is 5.75 Å². The van der Waals surface area contributed by atoms with Gasteiger partial charge in [-0.15, -0.1) is 0 Å². The van der Waals surface area contributed by atoms with Crippen molar-refractivity contribution in [2.24, 2.45) is 5.92 Å². The molecule has 0 saturated heterocycles. The predicted molar refractivity (Wildman–Crippen MR) is 100 cm³/mol. The molecule has 1 aromatic carbocycles. The average molecular weight is 343 g/mol. The maximum Gasteiger partial charge on any atom is 0.262 e. The zero-order valence-electron chi connectivity index (χ0n) is 14.5. The van der Waals surface area contributed by atoms with E-state index in [4.69, 9.17) is 5.26 Å². The lowest BCUT2D eigenvalue weighted by atomic mass is 10.0. The van der Waals surface area contributed by atoms with Gasteiger partial charge in [-0.1, -0.05) is 63.4 Å². The van der Waals surface area contributed by atoms with Crippen molar-refractivity contribution >= 4 is 22.7 Å². The number of thioether (sulfide) groups is 1. The van der Waals surface area contributed by atoms with Crippen LogP contribution in [0.25, 0.3) is 10.9 Å². The first-order chi connectivity index (χ1) is 11.6. The zero-order valence-corrected chi connectivity index (χ0v) is 15.3. The molecule has 1 heterocycles. The Morgan fingerprint density at radius 1 is 1.21 bits per heavy atom. The van der Waals surface area contributed by atoms with Gasteiger partial charge < -0.3 is 0 Å². The van der Waals surface area contributed by atoms with E-state index in [1.54, 1.807) is 4.57 Å². The predicted octanol–water partition coefficient (Wildman–Crippen LogP) is 4.62. The normalized spacial score (nSPS) is 11.1. The van der Waals surface area contributed by atoms with Crippen LogP contribution in [0.15, 0.2) is 34.2 Å². The first-order valence-corrected chi connectivity index (χ1v) is 9.61. The monoisotopic (exact) mass is 343 g/mol. The number of benzene rings is 1. The smallest absolute Gasteiger partial charge is 0.262 e. The molecule has 0 saturated carbocycles. The molecule has 0 unspecified atom stereocenters. The minimum absolute atomic E-state index is 0.00298. The molecule has 4 nitrogen and oxygen atoms in total. The van der Waals surface area contributed by atoms with Gasteiger partial charge in [0.05, 0.1) is 22.7 Å². The number of aromatic nitrogens is 2. The Balaban J connectivity index is 2.10. The number of para-hydroxylation sites is 1. The van der Waals surface area contributed by atoms with Crippen LogP contribution in [0.1, 0.15) is 46.0 Å². The molecule has 24 heavy (non-hydrogen) atoms. The third-order valence-corrected chi connectivity index (χ3v) is 4.85. The molecule has 0 fully saturated rings. The molecule has 128 valence electrons. The van der Waals surface area contributed by atoms with E-state index in [2.05, 4.69) is 24.9 Å². The summed E-state index contributed by atoms with van der Waals surface area (Å²) < 4.78 is 1.74.